The van der Waals surface area contributed by atoms with Crippen molar-refractivity contribution in [2.45, 2.75) is 122 Å². The molecule has 5 rings (SSSR count). The van der Waals surface area contributed by atoms with Gasteiger partial charge in [-0.25, -0.2) is 8.78 Å². The van der Waals surface area contributed by atoms with Crippen molar-refractivity contribution in [1.29, 1.82) is 0 Å². The van der Waals surface area contributed by atoms with Gasteiger partial charge >= 0.3 is 5.97 Å². The maximum absolute atomic E-state index is 14.9. The number of halogens is 4. The summed E-state index contributed by atoms with van der Waals surface area (Å²) in [6, 6.07) is 6.39. The summed E-state index contributed by atoms with van der Waals surface area (Å²) in [7, 11) is 0. The zero-order valence-electron chi connectivity index (χ0n) is 26.7. The molecule has 3 fully saturated rings. The molecule has 3 aliphatic rings. The first kappa shape index (κ1) is 33.6. The molecule has 0 bridgehead atoms. The number of unbranched alkanes of at least 4 members (excludes halogenated alkanes) is 1. The Morgan fingerprint density at radius 1 is 0.644 bits per heavy atom. The standard InChI is InChI=1S/C37H48F4O4/c1-3-5-22-44-32-21-19-30(34(39)36(32)41)26-14-16-28(17-15-26)45-37(42)27-12-8-24(9-13-27)23-6-10-25(11-7-23)29-18-20-31(43-4-2)35(40)33(29)38/h18-21,23-28H,3-17,22H2,1-2H3. The van der Waals surface area contributed by atoms with Crippen LogP contribution in [-0.4, -0.2) is 25.3 Å². The second kappa shape index (κ2) is 15.7. The van der Waals surface area contributed by atoms with Gasteiger partial charge in [-0.15, -0.1) is 0 Å². The van der Waals surface area contributed by atoms with Gasteiger partial charge in [-0.3, -0.25) is 4.79 Å². The fraction of sp³-hybridized carbons (Fsp3) is 0.649. The molecule has 248 valence electrons. The average Bonchev–Trinajstić information content (AvgIpc) is 3.06. The lowest BCUT2D eigenvalue weighted by Crippen LogP contribution is -2.32. The minimum absolute atomic E-state index is 0.0206. The van der Waals surface area contributed by atoms with Gasteiger partial charge < -0.3 is 14.2 Å². The number of rotatable bonds is 11. The molecule has 0 N–H and O–H groups in total. The van der Waals surface area contributed by atoms with Crippen molar-refractivity contribution >= 4 is 5.97 Å². The molecule has 3 aliphatic carbocycles. The lowest BCUT2D eigenvalue weighted by molar-refractivity contribution is -0.157. The zero-order valence-corrected chi connectivity index (χ0v) is 26.7. The van der Waals surface area contributed by atoms with Gasteiger partial charge in [-0.2, -0.15) is 8.78 Å². The van der Waals surface area contributed by atoms with Crippen molar-refractivity contribution < 1.29 is 36.6 Å². The van der Waals surface area contributed by atoms with Crippen LogP contribution in [0.25, 0.3) is 0 Å². The van der Waals surface area contributed by atoms with Gasteiger partial charge in [-0.05, 0) is 137 Å². The van der Waals surface area contributed by atoms with Crippen LogP contribution in [0.3, 0.4) is 0 Å². The first-order chi connectivity index (χ1) is 21.8. The van der Waals surface area contributed by atoms with Crippen molar-refractivity contribution in [3.8, 4) is 11.5 Å². The Morgan fingerprint density at radius 2 is 1.13 bits per heavy atom. The van der Waals surface area contributed by atoms with Gasteiger partial charge in [-0.1, -0.05) is 25.5 Å². The van der Waals surface area contributed by atoms with E-state index in [0.717, 1.165) is 64.2 Å². The van der Waals surface area contributed by atoms with Gasteiger partial charge in [0.25, 0.3) is 0 Å². The number of carbonyl (C=O) groups is 1. The summed E-state index contributed by atoms with van der Waals surface area (Å²) in [5.74, 6) is -2.69. The lowest BCUT2D eigenvalue weighted by atomic mass is 9.68. The van der Waals surface area contributed by atoms with E-state index in [1.807, 2.05) is 6.92 Å². The van der Waals surface area contributed by atoms with Crippen LogP contribution in [0.2, 0.25) is 0 Å². The fourth-order valence-corrected chi connectivity index (χ4v) is 7.91. The Hall–Kier alpha value is -2.77. The molecule has 0 aliphatic heterocycles. The highest BCUT2D eigenvalue weighted by Gasteiger charge is 2.36. The molecule has 0 aromatic heterocycles. The number of hydrogen-bond donors (Lipinski definition) is 0. The van der Waals surface area contributed by atoms with Gasteiger partial charge in [0.2, 0.25) is 11.6 Å². The molecular formula is C37H48F4O4. The summed E-state index contributed by atoms with van der Waals surface area (Å²) in [6.07, 6.45) is 11.3. The topological polar surface area (TPSA) is 44.8 Å². The molecule has 0 saturated heterocycles. The fourth-order valence-electron chi connectivity index (χ4n) is 7.91. The van der Waals surface area contributed by atoms with E-state index < -0.39 is 23.3 Å². The van der Waals surface area contributed by atoms with Crippen molar-refractivity contribution in [3.63, 3.8) is 0 Å². The van der Waals surface area contributed by atoms with Crippen molar-refractivity contribution in [2.24, 2.45) is 17.8 Å². The molecule has 0 unspecified atom stereocenters. The Kier molecular flexibility index (Phi) is 11.7. The van der Waals surface area contributed by atoms with Crippen LogP contribution >= 0.6 is 0 Å². The van der Waals surface area contributed by atoms with Gasteiger partial charge in [0.15, 0.2) is 23.1 Å². The van der Waals surface area contributed by atoms with Crippen molar-refractivity contribution in [1.82, 2.24) is 0 Å². The Morgan fingerprint density at radius 3 is 1.64 bits per heavy atom. The van der Waals surface area contributed by atoms with E-state index in [0.29, 0.717) is 61.9 Å². The predicted octanol–water partition coefficient (Wildman–Crippen LogP) is 10.2. The minimum atomic E-state index is -0.919. The molecule has 3 saturated carbocycles. The molecule has 0 amide bonds. The molecule has 0 spiro atoms. The third-order valence-electron chi connectivity index (χ3n) is 10.6. The molecule has 0 heterocycles. The minimum Gasteiger partial charge on any atom is -0.491 e. The summed E-state index contributed by atoms with van der Waals surface area (Å²) < 4.78 is 75.2. The van der Waals surface area contributed by atoms with Crippen LogP contribution in [0.4, 0.5) is 17.6 Å². The van der Waals surface area contributed by atoms with E-state index in [1.54, 1.807) is 25.1 Å². The average molecular weight is 633 g/mol. The molecule has 45 heavy (non-hydrogen) atoms. The normalized spacial score (nSPS) is 27.2. The van der Waals surface area contributed by atoms with E-state index in [2.05, 4.69) is 0 Å². The Balaban J connectivity index is 1.03. The number of benzene rings is 2. The van der Waals surface area contributed by atoms with Crippen LogP contribution in [-0.2, 0) is 9.53 Å². The Labute approximate surface area is 265 Å². The van der Waals surface area contributed by atoms with Crippen molar-refractivity contribution in [2.75, 3.05) is 13.2 Å². The van der Waals surface area contributed by atoms with Crippen molar-refractivity contribution in [3.05, 3.63) is 58.7 Å². The molecular weight excluding hydrogens is 584 g/mol. The molecule has 8 heteroatoms. The molecule has 0 atom stereocenters. The SMILES string of the molecule is CCCCOc1ccc(C2CCC(OC(=O)C3CCC(C4CCC(c5ccc(OCC)c(F)c5F)CC4)CC3)CC2)c(F)c1F. The van der Waals surface area contributed by atoms with E-state index >= 15 is 0 Å². The number of hydrogen-bond acceptors (Lipinski definition) is 4. The summed E-state index contributed by atoms with van der Waals surface area (Å²) in [5.41, 5.74) is 0.835. The highest BCUT2D eigenvalue weighted by molar-refractivity contribution is 5.72. The van der Waals surface area contributed by atoms with E-state index in [4.69, 9.17) is 14.2 Å². The van der Waals surface area contributed by atoms with Crippen LogP contribution < -0.4 is 9.47 Å². The number of esters is 1. The molecule has 4 nitrogen and oxygen atoms in total. The summed E-state index contributed by atoms with van der Waals surface area (Å²) in [5, 5.41) is 0. The van der Waals surface area contributed by atoms with Crippen LogP contribution in [0.1, 0.15) is 127 Å². The second-order valence-electron chi connectivity index (χ2n) is 13.3. The van der Waals surface area contributed by atoms with Gasteiger partial charge in [0.05, 0.1) is 19.1 Å². The van der Waals surface area contributed by atoms with Crippen LogP contribution in [0.5, 0.6) is 11.5 Å². The summed E-state index contributed by atoms with van der Waals surface area (Å²) in [4.78, 5) is 13.0. The number of ether oxygens (including phenoxy) is 3. The van der Waals surface area contributed by atoms with Crippen LogP contribution in [0.15, 0.2) is 24.3 Å². The smallest absolute Gasteiger partial charge is 0.309 e. The van der Waals surface area contributed by atoms with E-state index in [9.17, 15) is 22.4 Å². The first-order valence-electron chi connectivity index (χ1n) is 17.2. The lowest BCUT2D eigenvalue weighted by Gasteiger charge is -2.38. The molecule has 2 aromatic rings. The third kappa shape index (κ3) is 7.97. The van der Waals surface area contributed by atoms with E-state index in [-0.39, 0.29) is 41.3 Å². The largest absolute Gasteiger partial charge is 0.491 e. The first-order valence-corrected chi connectivity index (χ1v) is 17.2. The zero-order chi connectivity index (χ0) is 31.9. The Bertz CT molecular complexity index is 1280. The second-order valence-corrected chi connectivity index (χ2v) is 13.3. The maximum Gasteiger partial charge on any atom is 0.309 e. The monoisotopic (exact) mass is 632 g/mol. The number of carbonyl (C=O) groups excluding carboxylic acids is 1. The van der Waals surface area contributed by atoms with Gasteiger partial charge in [0, 0.05) is 0 Å². The molecule has 2 aromatic carbocycles. The highest BCUT2D eigenvalue weighted by Crippen LogP contribution is 2.45. The highest BCUT2D eigenvalue weighted by atomic mass is 19.2. The van der Waals surface area contributed by atoms with Crippen LogP contribution in [0, 0.1) is 41.0 Å². The summed E-state index contributed by atoms with van der Waals surface area (Å²) in [6.45, 7) is 4.41. The predicted molar refractivity (Wildman–Crippen MR) is 166 cm³/mol. The maximum atomic E-state index is 14.9. The third-order valence-corrected chi connectivity index (χ3v) is 10.6. The quantitative estimate of drug-likeness (QED) is 0.141. The van der Waals surface area contributed by atoms with Gasteiger partial charge in [0.1, 0.15) is 6.10 Å². The molecule has 0 radical (unpaired) electrons. The summed E-state index contributed by atoms with van der Waals surface area (Å²) >= 11 is 0. The van der Waals surface area contributed by atoms with E-state index in [1.165, 1.54) is 6.07 Å².